The van der Waals surface area contributed by atoms with Crippen molar-refractivity contribution >= 4 is 29.6 Å². The Hall–Kier alpha value is -3.49. The van der Waals surface area contributed by atoms with E-state index in [9.17, 15) is 24.0 Å². The van der Waals surface area contributed by atoms with Crippen molar-refractivity contribution in [3.8, 4) is 0 Å². The second-order valence-electron chi connectivity index (χ2n) is 3.66. The molecule has 1 aromatic rings. The van der Waals surface area contributed by atoms with Gasteiger partial charge in [0.1, 0.15) is 0 Å². The molecule has 0 saturated carbocycles. The summed E-state index contributed by atoms with van der Waals surface area (Å²) in [5.74, 6) is -2.37. The van der Waals surface area contributed by atoms with Gasteiger partial charge in [0.05, 0.1) is 6.26 Å². The Morgan fingerprint density at radius 1 is 0.864 bits per heavy atom. The molecule has 0 aliphatic carbocycles. The normalized spacial score (nSPS) is 14.5. The number of carboxylic acid groups (broad SMARTS) is 1. The van der Waals surface area contributed by atoms with Gasteiger partial charge in [-0.15, -0.1) is 0 Å². The van der Waals surface area contributed by atoms with Gasteiger partial charge < -0.3 is 9.52 Å². The van der Waals surface area contributed by atoms with E-state index in [0.717, 1.165) is 0 Å². The molecule has 1 aromatic heterocycles. The van der Waals surface area contributed by atoms with Crippen LogP contribution in [-0.2, 0) is 19.2 Å². The van der Waals surface area contributed by atoms with E-state index in [0.29, 0.717) is 0 Å². The fourth-order valence-corrected chi connectivity index (χ4v) is 1.11. The molecule has 3 rings (SSSR count). The summed E-state index contributed by atoms with van der Waals surface area (Å²) in [6.45, 7) is 0. The summed E-state index contributed by atoms with van der Waals surface area (Å²) >= 11 is 0. The minimum Gasteiger partial charge on any atom is -0.475 e. The highest BCUT2D eigenvalue weighted by Gasteiger charge is 2.07. The zero-order valence-electron chi connectivity index (χ0n) is 10.9. The molecule has 3 N–H and O–H groups in total. The van der Waals surface area contributed by atoms with Gasteiger partial charge in [0, 0.05) is 24.3 Å². The van der Waals surface area contributed by atoms with Crippen molar-refractivity contribution in [1.82, 2.24) is 10.6 Å². The van der Waals surface area contributed by atoms with Crippen LogP contribution in [-0.4, -0.2) is 34.7 Å². The number of hydrogen-bond donors (Lipinski definition) is 3. The lowest BCUT2D eigenvalue weighted by Crippen LogP contribution is -2.19. The van der Waals surface area contributed by atoms with Crippen LogP contribution in [0.25, 0.3) is 0 Å². The van der Waals surface area contributed by atoms with Gasteiger partial charge in [-0.1, -0.05) is 0 Å². The lowest BCUT2D eigenvalue weighted by molar-refractivity contribution is -0.125. The molecule has 9 heteroatoms. The number of furan rings is 1. The SMILES string of the molecule is O=C(O)c1ccco1.O=C1C=CC(=O)N1.O=C1C=CC(=O)N1. The summed E-state index contributed by atoms with van der Waals surface area (Å²) in [6.07, 6.45) is 6.11. The molecular formula is C13H10N2O7. The van der Waals surface area contributed by atoms with Crippen LogP contribution in [0.5, 0.6) is 0 Å². The summed E-state index contributed by atoms with van der Waals surface area (Å²) in [7, 11) is 0. The zero-order chi connectivity index (χ0) is 16.5. The highest BCUT2D eigenvalue weighted by atomic mass is 16.4. The van der Waals surface area contributed by atoms with Gasteiger partial charge in [0.25, 0.3) is 23.6 Å². The molecular weight excluding hydrogens is 296 g/mol. The fourth-order valence-electron chi connectivity index (χ4n) is 1.11. The molecule has 0 unspecified atom stereocenters. The number of carbonyl (C=O) groups excluding carboxylic acids is 4. The summed E-state index contributed by atoms with van der Waals surface area (Å²) in [6, 6.07) is 2.92. The Kier molecular flexibility index (Phi) is 5.98. The van der Waals surface area contributed by atoms with E-state index in [2.05, 4.69) is 4.42 Å². The predicted molar refractivity (Wildman–Crippen MR) is 70.2 cm³/mol. The number of amides is 4. The fraction of sp³-hybridized carbons (Fsp3) is 0. The Morgan fingerprint density at radius 2 is 1.27 bits per heavy atom. The second kappa shape index (κ2) is 7.94. The van der Waals surface area contributed by atoms with Crippen molar-refractivity contribution in [3.05, 3.63) is 48.5 Å². The van der Waals surface area contributed by atoms with Crippen LogP contribution in [0.4, 0.5) is 0 Å². The highest BCUT2D eigenvalue weighted by Crippen LogP contribution is 1.97. The summed E-state index contributed by atoms with van der Waals surface area (Å²) < 4.78 is 4.50. The lowest BCUT2D eigenvalue weighted by Gasteiger charge is -1.80. The first kappa shape index (κ1) is 16.6. The molecule has 0 atom stereocenters. The van der Waals surface area contributed by atoms with Crippen molar-refractivity contribution in [2.45, 2.75) is 0 Å². The van der Waals surface area contributed by atoms with E-state index in [1.807, 2.05) is 10.6 Å². The molecule has 114 valence electrons. The van der Waals surface area contributed by atoms with E-state index in [4.69, 9.17) is 5.11 Å². The number of nitrogens with one attached hydrogen (secondary N) is 2. The Bertz CT molecular complexity index is 588. The molecule has 0 spiro atoms. The molecule has 0 saturated heterocycles. The van der Waals surface area contributed by atoms with Crippen LogP contribution in [0.1, 0.15) is 10.6 Å². The number of carboxylic acids is 1. The third-order valence-corrected chi connectivity index (χ3v) is 2.00. The average Bonchev–Trinajstić information content (AvgIpc) is 3.15. The highest BCUT2D eigenvalue weighted by molar-refractivity contribution is 6.13. The molecule has 0 fully saturated rings. The molecule has 0 bridgehead atoms. The second-order valence-corrected chi connectivity index (χ2v) is 3.66. The van der Waals surface area contributed by atoms with Crippen molar-refractivity contribution < 1.29 is 33.5 Å². The number of imide groups is 2. The predicted octanol–water partition coefficient (Wildman–Crippen LogP) is -0.624. The largest absolute Gasteiger partial charge is 0.475 e. The Balaban J connectivity index is 0.000000166. The molecule has 0 radical (unpaired) electrons. The molecule has 22 heavy (non-hydrogen) atoms. The number of rotatable bonds is 1. The molecule has 2 aliphatic rings. The van der Waals surface area contributed by atoms with E-state index < -0.39 is 5.97 Å². The van der Waals surface area contributed by atoms with Gasteiger partial charge >= 0.3 is 5.97 Å². The van der Waals surface area contributed by atoms with E-state index >= 15 is 0 Å². The molecule has 0 aromatic carbocycles. The first-order chi connectivity index (χ1) is 10.4. The van der Waals surface area contributed by atoms with Gasteiger partial charge in [-0.3, -0.25) is 29.8 Å². The van der Waals surface area contributed by atoms with Gasteiger partial charge in [-0.25, -0.2) is 4.79 Å². The van der Waals surface area contributed by atoms with Crippen molar-refractivity contribution in [1.29, 1.82) is 0 Å². The maximum absolute atomic E-state index is 10.0. The molecule has 2 aliphatic heterocycles. The van der Waals surface area contributed by atoms with Crippen LogP contribution >= 0.6 is 0 Å². The monoisotopic (exact) mass is 306 g/mol. The van der Waals surface area contributed by atoms with Gasteiger partial charge in [-0.05, 0) is 12.1 Å². The minimum absolute atomic E-state index is 0.0231. The van der Waals surface area contributed by atoms with E-state index in [-0.39, 0.29) is 29.4 Å². The Morgan fingerprint density at radius 3 is 1.41 bits per heavy atom. The summed E-state index contributed by atoms with van der Waals surface area (Å²) in [5, 5.41) is 12.2. The van der Waals surface area contributed by atoms with Crippen LogP contribution < -0.4 is 10.6 Å². The quantitative estimate of drug-likeness (QED) is 0.586. The molecule has 4 amide bonds. The third kappa shape index (κ3) is 6.10. The van der Waals surface area contributed by atoms with Gasteiger partial charge in [0.15, 0.2) is 0 Å². The van der Waals surface area contributed by atoms with Crippen LogP contribution in [0.2, 0.25) is 0 Å². The smallest absolute Gasteiger partial charge is 0.371 e. The lowest BCUT2D eigenvalue weighted by atomic mass is 10.5. The first-order valence-electron chi connectivity index (χ1n) is 5.71. The third-order valence-electron chi connectivity index (χ3n) is 2.00. The average molecular weight is 306 g/mol. The number of aromatic carboxylic acids is 1. The van der Waals surface area contributed by atoms with E-state index in [1.54, 1.807) is 0 Å². The van der Waals surface area contributed by atoms with E-state index in [1.165, 1.54) is 42.7 Å². The maximum Gasteiger partial charge on any atom is 0.371 e. The summed E-state index contributed by atoms with van der Waals surface area (Å²) in [4.78, 5) is 50.1. The standard InChI is InChI=1S/C5H4O3.2C4H3NO2/c6-5(7)4-2-1-3-8-4;2*6-3-1-2-4(7)5-3/h1-3H,(H,6,7);2*1-2H,(H,5,6,7). The van der Waals surface area contributed by atoms with Crippen molar-refractivity contribution in [2.24, 2.45) is 0 Å². The van der Waals surface area contributed by atoms with Crippen LogP contribution in [0.15, 0.2) is 47.1 Å². The number of hydrogen-bond acceptors (Lipinski definition) is 6. The molecule has 9 nitrogen and oxygen atoms in total. The Labute approximate surface area is 123 Å². The van der Waals surface area contributed by atoms with Crippen LogP contribution in [0, 0.1) is 0 Å². The minimum atomic E-state index is -1.03. The van der Waals surface area contributed by atoms with Crippen molar-refractivity contribution in [2.75, 3.05) is 0 Å². The van der Waals surface area contributed by atoms with Crippen molar-refractivity contribution in [3.63, 3.8) is 0 Å². The number of carbonyl (C=O) groups is 5. The van der Waals surface area contributed by atoms with Crippen LogP contribution in [0.3, 0.4) is 0 Å². The summed E-state index contributed by atoms with van der Waals surface area (Å²) in [5.41, 5.74) is 0. The molecule has 3 heterocycles. The first-order valence-corrected chi connectivity index (χ1v) is 5.71. The topological polar surface area (TPSA) is 143 Å². The van der Waals surface area contributed by atoms with Gasteiger partial charge in [0.2, 0.25) is 5.76 Å². The zero-order valence-corrected chi connectivity index (χ0v) is 10.9. The maximum atomic E-state index is 10.0. The van der Waals surface area contributed by atoms with Gasteiger partial charge in [-0.2, -0.15) is 0 Å².